The SMILES string of the molecule is Cc1ccc(CNc2ncnc3c2nnn3Cc2ccccc2Cl)cc1. The molecule has 2 aromatic heterocycles. The van der Waals surface area contributed by atoms with Crippen molar-refractivity contribution in [1.82, 2.24) is 25.0 Å². The third-order valence-electron chi connectivity index (χ3n) is 4.16. The second kappa shape index (κ2) is 7.09. The van der Waals surface area contributed by atoms with E-state index >= 15 is 0 Å². The standard InChI is InChI=1S/C19H17ClN6/c1-13-6-8-14(9-7-13)10-21-18-17-19(23-12-22-18)26(25-24-17)11-15-4-2-3-5-16(15)20/h2-9,12H,10-11H2,1H3,(H,21,22,23). The van der Waals surface area contributed by atoms with Gasteiger partial charge in [-0.1, -0.05) is 64.8 Å². The molecule has 4 aromatic rings. The highest BCUT2D eigenvalue weighted by Crippen LogP contribution is 2.20. The van der Waals surface area contributed by atoms with Gasteiger partial charge in [-0.15, -0.1) is 5.10 Å². The van der Waals surface area contributed by atoms with Crippen molar-refractivity contribution in [1.29, 1.82) is 0 Å². The van der Waals surface area contributed by atoms with Crippen molar-refractivity contribution in [3.63, 3.8) is 0 Å². The van der Waals surface area contributed by atoms with E-state index in [9.17, 15) is 0 Å². The van der Waals surface area contributed by atoms with E-state index in [0.29, 0.717) is 35.1 Å². The topological polar surface area (TPSA) is 68.5 Å². The van der Waals surface area contributed by atoms with Gasteiger partial charge in [0.15, 0.2) is 17.0 Å². The molecule has 7 heteroatoms. The quantitative estimate of drug-likeness (QED) is 0.582. The highest BCUT2D eigenvalue weighted by Gasteiger charge is 2.12. The molecule has 26 heavy (non-hydrogen) atoms. The van der Waals surface area contributed by atoms with Gasteiger partial charge in [-0.25, -0.2) is 14.6 Å². The fraction of sp³-hybridized carbons (Fsp3) is 0.158. The van der Waals surface area contributed by atoms with Gasteiger partial charge in [-0.3, -0.25) is 0 Å². The normalized spacial score (nSPS) is 11.0. The Bertz CT molecular complexity index is 1040. The molecule has 0 bridgehead atoms. The highest BCUT2D eigenvalue weighted by atomic mass is 35.5. The molecular weight excluding hydrogens is 348 g/mol. The number of nitrogens with one attached hydrogen (secondary N) is 1. The summed E-state index contributed by atoms with van der Waals surface area (Å²) in [6.45, 7) is 3.23. The summed E-state index contributed by atoms with van der Waals surface area (Å²) >= 11 is 6.25. The van der Waals surface area contributed by atoms with Gasteiger partial charge in [0.05, 0.1) is 6.54 Å². The van der Waals surface area contributed by atoms with Crippen LogP contribution in [0.3, 0.4) is 0 Å². The maximum Gasteiger partial charge on any atom is 0.184 e. The molecule has 0 atom stereocenters. The number of nitrogens with zero attached hydrogens (tertiary/aromatic N) is 5. The van der Waals surface area contributed by atoms with E-state index in [2.05, 4.69) is 56.8 Å². The molecule has 0 saturated heterocycles. The molecule has 6 nitrogen and oxygen atoms in total. The minimum Gasteiger partial charge on any atom is -0.364 e. The largest absolute Gasteiger partial charge is 0.364 e. The summed E-state index contributed by atoms with van der Waals surface area (Å²) in [6, 6.07) is 16.0. The first kappa shape index (κ1) is 16.5. The maximum absolute atomic E-state index is 6.25. The lowest BCUT2D eigenvalue weighted by Gasteiger charge is -2.07. The van der Waals surface area contributed by atoms with Crippen LogP contribution in [0.5, 0.6) is 0 Å². The smallest absolute Gasteiger partial charge is 0.184 e. The van der Waals surface area contributed by atoms with Crippen molar-refractivity contribution in [3.05, 3.63) is 76.6 Å². The van der Waals surface area contributed by atoms with Crippen LogP contribution in [-0.4, -0.2) is 25.0 Å². The molecule has 0 aliphatic heterocycles. The molecule has 0 aliphatic carbocycles. The van der Waals surface area contributed by atoms with E-state index in [1.807, 2.05) is 24.3 Å². The van der Waals surface area contributed by atoms with Crippen LogP contribution in [0.25, 0.3) is 11.2 Å². The second-order valence-corrected chi connectivity index (χ2v) is 6.48. The molecule has 0 fully saturated rings. The zero-order valence-corrected chi connectivity index (χ0v) is 15.0. The molecule has 130 valence electrons. The average molecular weight is 365 g/mol. The minimum absolute atomic E-state index is 0.505. The first-order valence-electron chi connectivity index (χ1n) is 8.28. The molecule has 0 unspecified atom stereocenters. The van der Waals surface area contributed by atoms with E-state index < -0.39 is 0 Å². The van der Waals surface area contributed by atoms with Gasteiger partial charge in [-0.2, -0.15) is 0 Å². The zero-order chi connectivity index (χ0) is 17.9. The zero-order valence-electron chi connectivity index (χ0n) is 14.2. The lowest BCUT2D eigenvalue weighted by atomic mass is 10.1. The number of aryl methyl sites for hydroxylation is 1. The fourth-order valence-corrected chi connectivity index (χ4v) is 2.90. The summed E-state index contributed by atoms with van der Waals surface area (Å²) in [5, 5.41) is 12.5. The lowest BCUT2D eigenvalue weighted by Crippen LogP contribution is -2.05. The Hall–Kier alpha value is -2.99. The van der Waals surface area contributed by atoms with Gasteiger partial charge in [0.2, 0.25) is 0 Å². The van der Waals surface area contributed by atoms with Crippen molar-refractivity contribution in [2.45, 2.75) is 20.0 Å². The molecule has 0 saturated carbocycles. The molecule has 4 rings (SSSR count). The summed E-state index contributed by atoms with van der Waals surface area (Å²) in [5.74, 6) is 0.668. The van der Waals surface area contributed by atoms with Crippen molar-refractivity contribution >= 4 is 28.6 Å². The third kappa shape index (κ3) is 3.36. The van der Waals surface area contributed by atoms with E-state index in [1.54, 1.807) is 4.68 Å². The van der Waals surface area contributed by atoms with E-state index in [0.717, 1.165) is 5.56 Å². The predicted molar refractivity (Wildman–Crippen MR) is 102 cm³/mol. The molecule has 0 radical (unpaired) electrons. The minimum atomic E-state index is 0.505. The number of hydrogen-bond donors (Lipinski definition) is 1. The number of halogens is 1. The third-order valence-corrected chi connectivity index (χ3v) is 4.53. The molecule has 2 aromatic carbocycles. The van der Waals surface area contributed by atoms with Crippen LogP contribution in [-0.2, 0) is 13.1 Å². The van der Waals surface area contributed by atoms with Crippen LogP contribution >= 0.6 is 11.6 Å². The van der Waals surface area contributed by atoms with E-state index in [1.165, 1.54) is 17.5 Å². The first-order valence-corrected chi connectivity index (χ1v) is 8.65. The highest BCUT2D eigenvalue weighted by molar-refractivity contribution is 6.31. The molecule has 2 heterocycles. The van der Waals surface area contributed by atoms with Crippen LogP contribution in [0.2, 0.25) is 5.02 Å². The Kier molecular flexibility index (Phi) is 4.50. The maximum atomic E-state index is 6.25. The number of anilines is 1. The molecule has 0 aliphatic rings. The van der Waals surface area contributed by atoms with Gasteiger partial charge in [-0.05, 0) is 24.1 Å². The Morgan fingerprint density at radius 1 is 1.04 bits per heavy atom. The summed E-state index contributed by atoms with van der Waals surface area (Å²) < 4.78 is 1.73. The Morgan fingerprint density at radius 3 is 2.65 bits per heavy atom. The Morgan fingerprint density at radius 2 is 1.85 bits per heavy atom. The van der Waals surface area contributed by atoms with Crippen LogP contribution in [0.1, 0.15) is 16.7 Å². The van der Waals surface area contributed by atoms with Gasteiger partial charge in [0.1, 0.15) is 6.33 Å². The molecular formula is C19H17ClN6. The first-order chi connectivity index (χ1) is 12.7. The molecule has 0 amide bonds. The fourth-order valence-electron chi connectivity index (χ4n) is 2.71. The predicted octanol–water partition coefficient (Wildman–Crippen LogP) is 3.84. The molecule has 1 N–H and O–H groups in total. The van der Waals surface area contributed by atoms with E-state index in [-0.39, 0.29) is 0 Å². The summed E-state index contributed by atoms with van der Waals surface area (Å²) in [5.41, 5.74) is 4.69. The Labute approximate surface area is 155 Å². The van der Waals surface area contributed by atoms with Crippen molar-refractivity contribution in [3.8, 4) is 0 Å². The van der Waals surface area contributed by atoms with E-state index in [4.69, 9.17) is 11.6 Å². The van der Waals surface area contributed by atoms with Crippen LogP contribution in [0.15, 0.2) is 54.9 Å². The monoisotopic (exact) mass is 364 g/mol. The number of rotatable bonds is 5. The van der Waals surface area contributed by atoms with Crippen molar-refractivity contribution in [2.75, 3.05) is 5.32 Å². The summed E-state index contributed by atoms with van der Waals surface area (Å²) in [7, 11) is 0. The number of aromatic nitrogens is 5. The van der Waals surface area contributed by atoms with Gasteiger partial charge >= 0.3 is 0 Å². The average Bonchev–Trinajstić information content (AvgIpc) is 3.07. The molecule has 0 spiro atoms. The lowest BCUT2D eigenvalue weighted by molar-refractivity contribution is 0.664. The van der Waals surface area contributed by atoms with Gasteiger partial charge in [0.25, 0.3) is 0 Å². The number of benzene rings is 2. The van der Waals surface area contributed by atoms with Gasteiger partial charge in [0, 0.05) is 11.6 Å². The number of fused-ring (bicyclic) bond motifs is 1. The van der Waals surface area contributed by atoms with Crippen LogP contribution in [0.4, 0.5) is 5.82 Å². The second-order valence-electron chi connectivity index (χ2n) is 6.07. The van der Waals surface area contributed by atoms with Crippen molar-refractivity contribution < 1.29 is 0 Å². The van der Waals surface area contributed by atoms with Crippen LogP contribution < -0.4 is 5.32 Å². The van der Waals surface area contributed by atoms with Crippen molar-refractivity contribution in [2.24, 2.45) is 0 Å². The van der Waals surface area contributed by atoms with Crippen LogP contribution in [0, 0.1) is 6.92 Å². The number of hydrogen-bond acceptors (Lipinski definition) is 5. The Balaban J connectivity index is 1.58. The summed E-state index contributed by atoms with van der Waals surface area (Å²) in [6.07, 6.45) is 1.52. The summed E-state index contributed by atoms with van der Waals surface area (Å²) in [4.78, 5) is 8.65. The van der Waals surface area contributed by atoms with Gasteiger partial charge < -0.3 is 5.32 Å².